The molecule has 4 fully saturated rings. The summed E-state index contributed by atoms with van der Waals surface area (Å²) in [4.78, 5) is 3.08. The van der Waals surface area contributed by atoms with Crippen molar-refractivity contribution < 1.29 is 0 Å². The fourth-order valence-electron chi connectivity index (χ4n) is 5.86. The van der Waals surface area contributed by atoms with Crippen molar-refractivity contribution in [3.8, 4) is 0 Å². The Hall–Kier alpha value is -0.340. The highest BCUT2D eigenvalue weighted by Gasteiger charge is 2.50. The number of rotatable bonds is 5. The first kappa shape index (κ1) is 14.3. The predicted octanol–water partition coefficient (Wildman–Crippen LogP) is 5.17. The van der Waals surface area contributed by atoms with Gasteiger partial charge in [-0.2, -0.15) is 0 Å². The van der Waals surface area contributed by atoms with Crippen molar-refractivity contribution in [2.45, 2.75) is 58.4 Å². The second kappa shape index (κ2) is 5.70. The highest BCUT2D eigenvalue weighted by Crippen LogP contribution is 2.59. The summed E-state index contributed by atoms with van der Waals surface area (Å²) >= 11 is 2.03. The van der Waals surface area contributed by atoms with Gasteiger partial charge in [-0.05, 0) is 93.7 Å². The van der Waals surface area contributed by atoms with Gasteiger partial charge in [-0.15, -0.1) is 11.3 Å². The molecule has 0 amide bonds. The normalized spacial score (nSPS) is 38.9. The summed E-state index contributed by atoms with van der Waals surface area (Å²) in [5.74, 6) is 5.11. The predicted molar refractivity (Wildman–Crippen MR) is 90.6 cm³/mol. The molecule has 1 aromatic heterocycles. The summed E-state index contributed by atoms with van der Waals surface area (Å²) in [6, 6.07) is 5.35. The van der Waals surface area contributed by atoms with Crippen molar-refractivity contribution in [3.63, 3.8) is 0 Å². The summed E-state index contributed by atoms with van der Waals surface area (Å²) in [6.07, 6.45) is 8.94. The van der Waals surface area contributed by atoms with Crippen molar-refractivity contribution in [2.24, 2.45) is 29.6 Å². The fourth-order valence-corrected chi connectivity index (χ4v) is 6.87. The van der Waals surface area contributed by atoms with Gasteiger partial charge in [0.15, 0.2) is 0 Å². The average Bonchev–Trinajstić information content (AvgIpc) is 2.87. The van der Waals surface area contributed by atoms with E-state index >= 15 is 0 Å². The summed E-state index contributed by atoms with van der Waals surface area (Å²) in [6.45, 7) is 5.72. The van der Waals surface area contributed by atoms with E-state index in [1.165, 1.54) is 43.5 Å². The zero-order valence-electron chi connectivity index (χ0n) is 13.5. The summed E-state index contributed by atoms with van der Waals surface area (Å²) in [5, 5.41) is 3.94. The molecule has 0 aromatic carbocycles. The van der Waals surface area contributed by atoms with Gasteiger partial charge >= 0.3 is 0 Å². The highest BCUT2D eigenvalue weighted by molar-refractivity contribution is 7.12. The molecule has 116 valence electrons. The van der Waals surface area contributed by atoms with Crippen LogP contribution in [0.3, 0.4) is 0 Å². The van der Waals surface area contributed by atoms with E-state index in [4.69, 9.17) is 0 Å². The molecule has 0 radical (unpaired) electrons. The molecule has 4 aliphatic carbocycles. The van der Waals surface area contributed by atoms with Gasteiger partial charge in [0.2, 0.25) is 0 Å². The lowest BCUT2D eigenvalue weighted by Crippen LogP contribution is -2.49. The van der Waals surface area contributed by atoms with Crippen LogP contribution in [0.5, 0.6) is 0 Å². The Labute approximate surface area is 133 Å². The Bertz CT molecular complexity index is 464. The fraction of sp³-hybridized carbons (Fsp3) is 0.789. The average molecular weight is 304 g/mol. The first-order chi connectivity index (χ1) is 10.2. The lowest BCUT2D eigenvalue weighted by molar-refractivity contribution is -0.0519. The minimum absolute atomic E-state index is 0.638. The van der Waals surface area contributed by atoms with Crippen LogP contribution in [-0.4, -0.2) is 6.54 Å². The molecule has 4 aliphatic rings. The van der Waals surface area contributed by atoms with Crippen molar-refractivity contribution >= 4 is 11.3 Å². The van der Waals surface area contributed by atoms with Gasteiger partial charge < -0.3 is 5.32 Å². The van der Waals surface area contributed by atoms with Crippen LogP contribution >= 0.6 is 11.3 Å². The molecular formula is C19H29NS. The third-order valence-corrected chi connectivity index (χ3v) is 7.45. The van der Waals surface area contributed by atoms with Crippen LogP contribution in [0.4, 0.5) is 0 Å². The Morgan fingerprint density at radius 2 is 1.76 bits per heavy atom. The molecule has 1 atom stereocenters. The van der Waals surface area contributed by atoms with Gasteiger partial charge in [0, 0.05) is 15.8 Å². The second-order valence-electron chi connectivity index (χ2n) is 7.89. The maximum Gasteiger partial charge on any atom is 0.0448 e. The number of thiophene rings is 1. The molecule has 1 N–H and O–H groups in total. The molecule has 0 saturated heterocycles. The van der Waals surface area contributed by atoms with Gasteiger partial charge in [-0.25, -0.2) is 0 Å². The molecule has 2 heteroatoms. The van der Waals surface area contributed by atoms with Crippen molar-refractivity contribution in [1.82, 2.24) is 5.32 Å². The van der Waals surface area contributed by atoms with Crippen LogP contribution in [0.1, 0.15) is 61.2 Å². The van der Waals surface area contributed by atoms with E-state index in [1.807, 2.05) is 11.3 Å². The van der Waals surface area contributed by atoms with Gasteiger partial charge in [-0.1, -0.05) is 6.92 Å². The van der Waals surface area contributed by atoms with Gasteiger partial charge in [0.05, 0.1) is 0 Å². The summed E-state index contributed by atoms with van der Waals surface area (Å²) < 4.78 is 0. The number of aryl methyl sites for hydroxylation is 1. The van der Waals surface area contributed by atoms with Crippen molar-refractivity contribution in [1.29, 1.82) is 0 Å². The van der Waals surface area contributed by atoms with Crippen LogP contribution in [0.2, 0.25) is 0 Å². The SMILES string of the molecule is CCCNC(c1ccc(C)s1)C1C2CC3CC(C2)CC1C3. The Balaban J connectivity index is 1.60. The van der Waals surface area contributed by atoms with Gasteiger partial charge in [0.1, 0.15) is 0 Å². The van der Waals surface area contributed by atoms with Crippen LogP contribution in [0, 0.1) is 36.5 Å². The van der Waals surface area contributed by atoms with Crippen LogP contribution in [-0.2, 0) is 0 Å². The lowest BCUT2D eigenvalue weighted by Gasteiger charge is -2.56. The number of nitrogens with one attached hydrogen (secondary N) is 1. The number of hydrogen-bond acceptors (Lipinski definition) is 2. The Morgan fingerprint density at radius 1 is 1.10 bits per heavy atom. The van der Waals surface area contributed by atoms with Crippen molar-refractivity contribution in [3.05, 3.63) is 21.9 Å². The highest BCUT2D eigenvalue weighted by atomic mass is 32.1. The minimum Gasteiger partial charge on any atom is -0.309 e. The summed E-state index contributed by atoms with van der Waals surface area (Å²) in [5.41, 5.74) is 0. The van der Waals surface area contributed by atoms with E-state index in [0.717, 1.165) is 29.6 Å². The molecular weight excluding hydrogens is 274 g/mol. The van der Waals surface area contributed by atoms with E-state index in [-0.39, 0.29) is 0 Å². The lowest BCUT2D eigenvalue weighted by atomic mass is 9.50. The molecule has 1 aromatic rings. The molecule has 5 rings (SSSR count). The van der Waals surface area contributed by atoms with Crippen LogP contribution in [0.15, 0.2) is 12.1 Å². The molecule has 4 saturated carbocycles. The minimum atomic E-state index is 0.638. The molecule has 0 spiro atoms. The standard InChI is InChI=1S/C19H29NS/c1-3-6-20-19(17-5-4-12(2)21-17)18-15-8-13-7-14(10-15)11-16(18)9-13/h4-5,13-16,18-20H,3,6-11H2,1-2H3. The number of hydrogen-bond donors (Lipinski definition) is 1. The molecule has 1 unspecified atom stereocenters. The Morgan fingerprint density at radius 3 is 2.29 bits per heavy atom. The molecule has 1 heterocycles. The van der Waals surface area contributed by atoms with E-state index in [9.17, 15) is 0 Å². The monoisotopic (exact) mass is 303 g/mol. The topological polar surface area (TPSA) is 12.0 Å². The van der Waals surface area contributed by atoms with E-state index in [1.54, 1.807) is 11.3 Å². The molecule has 21 heavy (non-hydrogen) atoms. The van der Waals surface area contributed by atoms with E-state index in [2.05, 4.69) is 31.3 Å². The van der Waals surface area contributed by atoms with E-state index < -0.39 is 0 Å². The van der Waals surface area contributed by atoms with Crippen molar-refractivity contribution in [2.75, 3.05) is 6.54 Å². The third kappa shape index (κ3) is 2.59. The van der Waals surface area contributed by atoms with Crippen LogP contribution in [0.25, 0.3) is 0 Å². The smallest absolute Gasteiger partial charge is 0.0448 e. The zero-order valence-corrected chi connectivity index (χ0v) is 14.3. The molecule has 4 bridgehead atoms. The Kier molecular flexibility index (Phi) is 3.87. The first-order valence-electron chi connectivity index (χ1n) is 9.04. The third-order valence-electron chi connectivity index (χ3n) is 6.37. The first-order valence-corrected chi connectivity index (χ1v) is 9.86. The van der Waals surface area contributed by atoms with Crippen LogP contribution < -0.4 is 5.32 Å². The largest absolute Gasteiger partial charge is 0.309 e. The van der Waals surface area contributed by atoms with Gasteiger partial charge in [0.25, 0.3) is 0 Å². The molecule has 1 nitrogen and oxygen atoms in total. The molecule has 0 aliphatic heterocycles. The maximum atomic E-state index is 3.94. The van der Waals surface area contributed by atoms with Gasteiger partial charge in [-0.3, -0.25) is 0 Å². The summed E-state index contributed by atoms with van der Waals surface area (Å²) in [7, 11) is 0. The zero-order chi connectivity index (χ0) is 14.4. The maximum absolute atomic E-state index is 3.94. The second-order valence-corrected chi connectivity index (χ2v) is 9.21. The van der Waals surface area contributed by atoms with E-state index in [0.29, 0.717) is 6.04 Å². The quantitative estimate of drug-likeness (QED) is 0.791.